The van der Waals surface area contributed by atoms with E-state index in [1.54, 1.807) is 0 Å². The molecule has 0 aromatic heterocycles. The molecule has 7 nitrogen and oxygen atoms in total. The van der Waals surface area contributed by atoms with Gasteiger partial charge in [0.15, 0.2) is 0 Å². The third-order valence-corrected chi connectivity index (χ3v) is 8.31. The quantitative estimate of drug-likeness (QED) is 0.0414. The zero-order valence-electron chi connectivity index (χ0n) is 26.5. The first-order valence-electron chi connectivity index (χ1n) is 16.9. The normalized spacial score (nSPS) is 11.8. The number of carboxylic acid groups (broad SMARTS) is 3. The molecule has 7 heteroatoms. The van der Waals surface area contributed by atoms with E-state index in [0.717, 1.165) is 56.3 Å². The Morgan fingerprint density at radius 1 is 0.439 bits per heavy atom. The first kappa shape index (κ1) is 39.1. The molecule has 0 spiro atoms. The van der Waals surface area contributed by atoms with Gasteiger partial charge < -0.3 is 19.8 Å². The van der Waals surface area contributed by atoms with Gasteiger partial charge in [-0.1, -0.05) is 82.8 Å². The highest BCUT2D eigenvalue weighted by atomic mass is 16.4. The number of carbonyl (C=O) groups is 3. The van der Waals surface area contributed by atoms with Crippen molar-refractivity contribution >= 4 is 17.9 Å². The predicted molar refractivity (Wildman–Crippen MR) is 168 cm³/mol. The molecule has 0 heterocycles. The average molecular weight is 583 g/mol. The average Bonchev–Trinajstić information content (AvgIpc) is 2.93. The molecule has 240 valence electrons. The molecule has 0 rings (SSSR count). The van der Waals surface area contributed by atoms with Crippen molar-refractivity contribution < 1.29 is 34.2 Å². The van der Waals surface area contributed by atoms with Crippen molar-refractivity contribution in [2.75, 3.05) is 26.2 Å². The van der Waals surface area contributed by atoms with Gasteiger partial charge in [-0.3, -0.25) is 14.4 Å². The van der Waals surface area contributed by atoms with Gasteiger partial charge in [-0.25, -0.2) is 0 Å². The van der Waals surface area contributed by atoms with Gasteiger partial charge in [0.05, 0.1) is 26.2 Å². The van der Waals surface area contributed by atoms with E-state index in [9.17, 15) is 14.4 Å². The molecule has 0 radical (unpaired) electrons. The molecule has 41 heavy (non-hydrogen) atoms. The molecule has 0 aliphatic heterocycles. The molecule has 0 aliphatic carbocycles. The lowest BCUT2D eigenvalue weighted by Crippen LogP contribution is -2.51. The minimum Gasteiger partial charge on any atom is -0.481 e. The van der Waals surface area contributed by atoms with Gasteiger partial charge in [0.1, 0.15) is 0 Å². The highest BCUT2D eigenvalue weighted by Crippen LogP contribution is 2.20. The first-order valence-corrected chi connectivity index (χ1v) is 16.9. The number of hydrogen-bond donors (Lipinski definition) is 3. The lowest BCUT2D eigenvalue weighted by molar-refractivity contribution is -0.929. The lowest BCUT2D eigenvalue weighted by atomic mass is 10.0. The van der Waals surface area contributed by atoms with Crippen LogP contribution in [0.5, 0.6) is 0 Å². The van der Waals surface area contributed by atoms with Crippen LogP contribution < -0.4 is 0 Å². The summed E-state index contributed by atoms with van der Waals surface area (Å²) in [6.45, 7) is 5.78. The monoisotopic (exact) mass is 582 g/mol. The Hall–Kier alpha value is -1.89. The van der Waals surface area contributed by atoms with Gasteiger partial charge >= 0.3 is 17.9 Å². The van der Waals surface area contributed by atoms with Crippen LogP contribution in [0.1, 0.15) is 161 Å². The van der Waals surface area contributed by atoms with Crippen molar-refractivity contribution in [2.45, 2.75) is 161 Å². The number of unbranched alkanes of at least 4 members (excludes halogenated alkanes) is 17. The Bertz CT molecular complexity index is 623. The van der Waals surface area contributed by atoms with E-state index in [1.807, 2.05) is 0 Å². The Morgan fingerprint density at radius 2 is 0.707 bits per heavy atom. The van der Waals surface area contributed by atoms with E-state index < -0.39 is 17.9 Å². The number of rotatable bonds is 32. The van der Waals surface area contributed by atoms with Gasteiger partial charge in [-0.05, 0) is 71.1 Å². The van der Waals surface area contributed by atoms with Crippen LogP contribution in [0.4, 0.5) is 0 Å². The van der Waals surface area contributed by atoms with Crippen LogP contribution in [0.3, 0.4) is 0 Å². The van der Waals surface area contributed by atoms with E-state index in [1.165, 1.54) is 89.9 Å². The second kappa shape index (κ2) is 28.2. The fourth-order valence-corrected chi connectivity index (χ4v) is 5.84. The fourth-order valence-electron chi connectivity index (χ4n) is 5.84. The molecular weight excluding hydrogens is 518 g/mol. The van der Waals surface area contributed by atoms with Crippen molar-refractivity contribution in [3.8, 4) is 0 Å². The number of carboxylic acids is 3. The Morgan fingerprint density at radius 3 is 1.00 bits per heavy atom. The van der Waals surface area contributed by atoms with Crippen LogP contribution in [-0.4, -0.2) is 63.9 Å². The van der Waals surface area contributed by atoms with Gasteiger partial charge in [-0.15, -0.1) is 0 Å². The summed E-state index contributed by atoms with van der Waals surface area (Å²) < 4.78 is 0.870. The van der Waals surface area contributed by atoms with Crippen LogP contribution in [0.2, 0.25) is 0 Å². The fraction of sp³-hybridized carbons (Fsp3) is 0.853. The molecule has 0 aromatic carbocycles. The maximum absolute atomic E-state index is 11.0. The maximum Gasteiger partial charge on any atom is 0.303 e. The van der Waals surface area contributed by atoms with Crippen LogP contribution in [0, 0.1) is 0 Å². The molecule has 0 fully saturated rings. The van der Waals surface area contributed by atoms with Crippen molar-refractivity contribution in [1.82, 2.24) is 0 Å². The molecule has 0 saturated carbocycles. The molecule has 0 aromatic rings. The molecule has 0 atom stereocenters. The predicted octanol–water partition coefficient (Wildman–Crippen LogP) is 9.00. The van der Waals surface area contributed by atoms with E-state index in [4.69, 9.17) is 15.3 Å². The maximum atomic E-state index is 11.0. The van der Waals surface area contributed by atoms with Gasteiger partial charge in [0.2, 0.25) is 0 Å². The lowest BCUT2D eigenvalue weighted by Gasteiger charge is -2.39. The van der Waals surface area contributed by atoms with Gasteiger partial charge in [0, 0.05) is 19.3 Å². The smallest absolute Gasteiger partial charge is 0.303 e. The minimum absolute atomic E-state index is 0.176. The zero-order valence-corrected chi connectivity index (χ0v) is 26.5. The Kier molecular flexibility index (Phi) is 26.9. The van der Waals surface area contributed by atoms with E-state index in [0.29, 0.717) is 19.3 Å². The second-order valence-electron chi connectivity index (χ2n) is 12.1. The third-order valence-electron chi connectivity index (χ3n) is 8.31. The summed E-state index contributed by atoms with van der Waals surface area (Å²) in [4.78, 5) is 33.0. The van der Waals surface area contributed by atoms with E-state index in [2.05, 4.69) is 19.1 Å². The summed E-state index contributed by atoms with van der Waals surface area (Å²) in [5.41, 5.74) is 0. The van der Waals surface area contributed by atoms with Crippen molar-refractivity contribution in [3.05, 3.63) is 12.2 Å². The molecule has 3 N–H and O–H groups in total. The first-order chi connectivity index (χ1) is 19.8. The highest BCUT2D eigenvalue weighted by molar-refractivity contribution is 5.67. The van der Waals surface area contributed by atoms with Crippen LogP contribution in [0.25, 0.3) is 0 Å². The largest absolute Gasteiger partial charge is 0.481 e. The number of allylic oxidation sites excluding steroid dienone is 2. The summed E-state index contributed by atoms with van der Waals surface area (Å²) in [6, 6.07) is 0. The summed E-state index contributed by atoms with van der Waals surface area (Å²) in [6.07, 6.45) is 29.0. The molecule has 0 aliphatic rings. The summed E-state index contributed by atoms with van der Waals surface area (Å²) in [5, 5.41) is 27.1. The number of hydrogen-bond acceptors (Lipinski definition) is 3. The zero-order chi connectivity index (χ0) is 30.4. The van der Waals surface area contributed by atoms with E-state index in [-0.39, 0.29) is 19.3 Å². The summed E-state index contributed by atoms with van der Waals surface area (Å²) in [5.74, 6) is -2.30. The molecule has 0 saturated heterocycles. The number of nitrogens with zero attached hydrogens (tertiary/aromatic N) is 1. The van der Waals surface area contributed by atoms with Crippen LogP contribution in [0.15, 0.2) is 12.2 Å². The standard InChI is InChI=1S/C34H63NO6/c1-2-3-4-5-6-7-8-9-10-11-12-13-14-15-16-17-21-28-35(29-22-18-25-32(36)37,30-23-19-26-33(38)39)31-24-20-27-34(40)41/h2-3H,4-31H2,1H3,(H2-,36,37,38,39,40,41)/p+1/b3-2+. The third kappa shape index (κ3) is 28.0. The Labute approximate surface area is 251 Å². The Balaban J connectivity index is 4.35. The van der Waals surface area contributed by atoms with Crippen molar-refractivity contribution in [2.24, 2.45) is 0 Å². The van der Waals surface area contributed by atoms with Crippen molar-refractivity contribution in [3.63, 3.8) is 0 Å². The number of aliphatic carboxylic acids is 3. The SMILES string of the molecule is C/C=C/CCCCCCCCCCCCCCCC[N+](CCCCC(=O)O)(CCCCC(=O)O)CCCCC(=O)O. The minimum atomic E-state index is -0.766. The second-order valence-corrected chi connectivity index (χ2v) is 12.1. The van der Waals surface area contributed by atoms with Crippen LogP contribution in [-0.2, 0) is 14.4 Å². The number of quaternary nitrogens is 1. The topological polar surface area (TPSA) is 112 Å². The van der Waals surface area contributed by atoms with Crippen LogP contribution >= 0.6 is 0 Å². The summed E-state index contributed by atoms with van der Waals surface area (Å²) >= 11 is 0. The van der Waals surface area contributed by atoms with E-state index >= 15 is 0 Å². The molecule has 0 unspecified atom stereocenters. The molecule has 0 bridgehead atoms. The van der Waals surface area contributed by atoms with Crippen molar-refractivity contribution in [1.29, 1.82) is 0 Å². The van der Waals surface area contributed by atoms with Gasteiger partial charge in [-0.2, -0.15) is 0 Å². The van der Waals surface area contributed by atoms with Gasteiger partial charge in [0.25, 0.3) is 0 Å². The highest BCUT2D eigenvalue weighted by Gasteiger charge is 2.26. The molecular formula is C34H64NO6+. The summed E-state index contributed by atoms with van der Waals surface area (Å²) in [7, 11) is 0. The molecule has 0 amide bonds.